The zero-order valence-corrected chi connectivity index (χ0v) is 16.8. The molecule has 1 saturated heterocycles. The third-order valence-electron chi connectivity index (χ3n) is 4.75. The van der Waals surface area contributed by atoms with E-state index < -0.39 is 0 Å². The van der Waals surface area contributed by atoms with E-state index in [1.165, 1.54) is 0 Å². The van der Waals surface area contributed by atoms with Crippen molar-refractivity contribution in [3.05, 3.63) is 46.5 Å². The Hall–Kier alpha value is -1.70. The van der Waals surface area contributed by atoms with Crippen molar-refractivity contribution in [3.63, 3.8) is 0 Å². The van der Waals surface area contributed by atoms with Gasteiger partial charge in [-0.25, -0.2) is 0 Å². The van der Waals surface area contributed by atoms with Crippen LogP contribution in [0.2, 0.25) is 0 Å². The van der Waals surface area contributed by atoms with E-state index in [-0.39, 0.29) is 30.5 Å². The van der Waals surface area contributed by atoms with Crippen LogP contribution in [0, 0.1) is 0 Å². The Bertz CT molecular complexity index is 677. The first-order chi connectivity index (χ1) is 13.1. The van der Waals surface area contributed by atoms with Gasteiger partial charge in [0.25, 0.3) is 0 Å². The molecule has 2 aliphatic rings. The average molecular weight is 437 g/mol. The van der Waals surface area contributed by atoms with Gasteiger partial charge in [0.2, 0.25) is 11.8 Å². The van der Waals surface area contributed by atoms with E-state index in [1.54, 1.807) is 0 Å². The van der Waals surface area contributed by atoms with Gasteiger partial charge >= 0.3 is 0 Å². The monoisotopic (exact) mass is 436 g/mol. The summed E-state index contributed by atoms with van der Waals surface area (Å²) in [5.41, 5.74) is 1.06. The van der Waals surface area contributed by atoms with Gasteiger partial charge in [-0.15, -0.1) is 0 Å². The lowest BCUT2D eigenvalue weighted by atomic mass is 10.0. The van der Waals surface area contributed by atoms with Crippen molar-refractivity contribution in [2.24, 2.45) is 0 Å². The molecule has 7 heteroatoms. The Kier molecular flexibility index (Phi) is 7.43. The number of hydrogen-bond donors (Lipinski definition) is 1. The normalized spacial score (nSPS) is 26.6. The molecule has 0 aliphatic carbocycles. The molecule has 0 radical (unpaired) electrons. The topological polar surface area (TPSA) is 67.9 Å². The number of fused-ring (bicyclic) bond motifs is 2. The van der Waals surface area contributed by atoms with Crippen molar-refractivity contribution in [2.75, 3.05) is 33.0 Å². The smallest absolute Gasteiger partial charge is 0.249 e. The minimum Gasteiger partial charge on any atom is -0.377 e. The van der Waals surface area contributed by atoms with E-state index in [4.69, 9.17) is 9.47 Å². The molecular formula is C20H25BrN2O4. The molecule has 2 aliphatic heterocycles. The summed E-state index contributed by atoms with van der Waals surface area (Å²) in [6.07, 6.45) is 5.54. The molecule has 6 nitrogen and oxygen atoms in total. The van der Waals surface area contributed by atoms with Crippen LogP contribution in [0.1, 0.15) is 30.9 Å². The van der Waals surface area contributed by atoms with E-state index in [9.17, 15) is 9.59 Å². The van der Waals surface area contributed by atoms with Crippen LogP contribution in [-0.2, 0) is 19.1 Å². The summed E-state index contributed by atoms with van der Waals surface area (Å²) < 4.78 is 11.9. The molecule has 2 unspecified atom stereocenters. The Labute approximate surface area is 168 Å². The molecule has 1 aromatic rings. The first kappa shape index (κ1) is 20.0. The Morgan fingerprint density at radius 2 is 1.81 bits per heavy atom. The first-order valence-corrected chi connectivity index (χ1v) is 10.1. The standard InChI is InChI=1S/C20H25BrN2O4/c21-16-7-5-15(6-8-16)18-12-17-13-23(18)20(25)14-27-10-2-1-9-26-11-3-4-19(24)22-17/h1-2,5-8,17-18H,3-4,9-14H2,(H,22,24)/b2-1+. The summed E-state index contributed by atoms with van der Waals surface area (Å²) in [5, 5.41) is 3.07. The number of nitrogens with one attached hydrogen (secondary N) is 1. The van der Waals surface area contributed by atoms with Gasteiger partial charge in [0, 0.05) is 30.1 Å². The lowest BCUT2D eigenvalue weighted by Gasteiger charge is -2.25. The van der Waals surface area contributed by atoms with Crippen LogP contribution in [0.3, 0.4) is 0 Å². The third-order valence-corrected chi connectivity index (χ3v) is 5.28. The molecule has 27 heavy (non-hydrogen) atoms. The third kappa shape index (κ3) is 5.89. The Balaban J connectivity index is 1.74. The van der Waals surface area contributed by atoms with Crippen LogP contribution < -0.4 is 5.32 Å². The molecule has 0 aromatic heterocycles. The first-order valence-electron chi connectivity index (χ1n) is 9.28. The maximum Gasteiger partial charge on any atom is 0.249 e. The minimum absolute atomic E-state index is 0.00587. The molecular weight excluding hydrogens is 412 g/mol. The second-order valence-corrected chi connectivity index (χ2v) is 7.69. The second kappa shape index (κ2) is 10.0. The number of halogens is 1. The summed E-state index contributed by atoms with van der Waals surface area (Å²) in [7, 11) is 0. The number of rotatable bonds is 1. The van der Waals surface area contributed by atoms with Gasteiger partial charge < -0.3 is 19.7 Å². The lowest BCUT2D eigenvalue weighted by molar-refractivity contribution is -0.137. The van der Waals surface area contributed by atoms with Crippen LogP contribution in [0.5, 0.6) is 0 Å². The van der Waals surface area contributed by atoms with Crippen molar-refractivity contribution in [1.82, 2.24) is 10.2 Å². The van der Waals surface area contributed by atoms with Gasteiger partial charge in [-0.3, -0.25) is 9.59 Å². The van der Waals surface area contributed by atoms with Gasteiger partial charge in [-0.1, -0.05) is 40.2 Å². The van der Waals surface area contributed by atoms with Crippen LogP contribution in [-0.4, -0.2) is 55.7 Å². The molecule has 1 fully saturated rings. The van der Waals surface area contributed by atoms with E-state index in [0.29, 0.717) is 45.6 Å². The van der Waals surface area contributed by atoms with Crippen molar-refractivity contribution < 1.29 is 19.1 Å². The summed E-state index contributed by atoms with van der Waals surface area (Å²) in [5.74, 6) is -0.0530. The SMILES string of the molecule is O=C1CCCOC/C=C/COCC(=O)N2CC(CC2c2ccc(Br)cc2)N1. The van der Waals surface area contributed by atoms with E-state index in [2.05, 4.69) is 21.2 Å². The predicted molar refractivity (Wildman–Crippen MR) is 105 cm³/mol. The highest BCUT2D eigenvalue weighted by molar-refractivity contribution is 9.10. The summed E-state index contributed by atoms with van der Waals surface area (Å²) in [4.78, 5) is 26.8. The molecule has 3 rings (SSSR count). The zero-order chi connectivity index (χ0) is 19.1. The average Bonchev–Trinajstić information content (AvgIpc) is 3.06. The number of carbonyl (C=O) groups is 2. The maximum absolute atomic E-state index is 12.7. The highest BCUT2D eigenvalue weighted by Gasteiger charge is 2.36. The lowest BCUT2D eigenvalue weighted by Crippen LogP contribution is -2.39. The zero-order valence-electron chi connectivity index (χ0n) is 15.2. The van der Waals surface area contributed by atoms with Crippen LogP contribution in [0.15, 0.2) is 40.9 Å². The van der Waals surface area contributed by atoms with Crippen molar-refractivity contribution in [2.45, 2.75) is 31.3 Å². The number of ether oxygens (including phenoxy) is 2. The van der Waals surface area contributed by atoms with Crippen molar-refractivity contribution in [3.8, 4) is 0 Å². The van der Waals surface area contributed by atoms with E-state index in [0.717, 1.165) is 10.0 Å². The molecule has 2 heterocycles. The molecule has 0 spiro atoms. The fourth-order valence-corrected chi connectivity index (χ4v) is 3.70. The fourth-order valence-electron chi connectivity index (χ4n) is 3.44. The maximum atomic E-state index is 12.7. The van der Waals surface area contributed by atoms with Gasteiger partial charge in [0.05, 0.1) is 19.3 Å². The Morgan fingerprint density at radius 1 is 1.07 bits per heavy atom. The fraction of sp³-hybridized carbons (Fsp3) is 0.500. The Morgan fingerprint density at radius 3 is 2.59 bits per heavy atom. The van der Waals surface area contributed by atoms with Gasteiger partial charge in [0.15, 0.2) is 0 Å². The van der Waals surface area contributed by atoms with Gasteiger partial charge in [0.1, 0.15) is 6.61 Å². The molecule has 1 aromatic carbocycles. The summed E-state index contributed by atoms with van der Waals surface area (Å²) in [6, 6.07) is 7.87. The predicted octanol–water partition coefficient (Wildman–Crippen LogP) is 2.59. The summed E-state index contributed by atoms with van der Waals surface area (Å²) in [6.45, 7) is 1.95. The number of benzene rings is 1. The summed E-state index contributed by atoms with van der Waals surface area (Å²) >= 11 is 3.45. The number of carbonyl (C=O) groups excluding carboxylic acids is 2. The van der Waals surface area contributed by atoms with Crippen LogP contribution >= 0.6 is 15.9 Å². The second-order valence-electron chi connectivity index (χ2n) is 6.78. The van der Waals surface area contributed by atoms with E-state index >= 15 is 0 Å². The van der Waals surface area contributed by atoms with Gasteiger partial charge in [-0.05, 0) is 30.5 Å². The highest BCUT2D eigenvalue weighted by Crippen LogP contribution is 2.33. The van der Waals surface area contributed by atoms with Crippen LogP contribution in [0.4, 0.5) is 0 Å². The van der Waals surface area contributed by atoms with Gasteiger partial charge in [-0.2, -0.15) is 0 Å². The molecule has 2 bridgehead atoms. The highest BCUT2D eigenvalue weighted by atomic mass is 79.9. The number of hydrogen-bond acceptors (Lipinski definition) is 4. The van der Waals surface area contributed by atoms with Crippen LogP contribution in [0.25, 0.3) is 0 Å². The van der Waals surface area contributed by atoms with Crippen molar-refractivity contribution >= 4 is 27.7 Å². The number of nitrogens with zero attached hydrogens (tertiary/aromatic N) is 1. The molecule has 146 valence electrons. The molecule has 0 saturated carbocycles. The minimum atomic E-state index is -0.0611. The van der Waals surface area contributed by atoms with Crippen molar-refractivity contribution in [1.29, 1.82) is 0 Å². The molecule has 2 atom stereocenters. The molecule has 2 amide bonds. The van der Waals surface area contributed by atoms with E-state index in [1.807, 2.05) is 41.3 Å². The number of amides is 2. The molecule has 1 N–H and O–H groups in total. The largest absolute Gasteiger partial charge is 0.377 e. The quantitative estimate of drug-likeness (QED) is 0.686.